The molecule has 0 spiro atoms. The first-order valence-corrected chi connectivity index (χ1v) is 2.64. The minimum atomic E-state index is -0.250. The minimum absolute atomic E-state index is 0.250. The molecule has 3 heteroatoms. The highest BCUT2D eigenvalue weighted by Crippen LogP contribution is 1.87. The van der Waals surface area contributed by atoms with Crippen molar-refractivity contribution in [1.82, 2.24) is 0 Å². The Bertz CT molecular complexity index is 106. The number of hydrogen-bond acceptors (Lipinski definition) is 2. The van der Waals surface area contributed by atoms with Crippen LogP contribution in [0, 0.1) is 0 Å². The summed E-state index contributed by atoms with van der Waals surface area (Å²) in [7, 11) is 0. The molecular formula is C6H9NO2. The van der Waals surface area contributed by atoms with Gasteiger partial charge in [0.15, 0.2) is 0 Å². The van der Waals surface area contributed by atoms with Gasteiger partial charge in [0.25, 0.3) is 6.47 Å². The first-order valence-electron chi connectivity index (χ1n) is 2.64. The van der Waals surface area contributed by atoms with Crippen LogP contribution in [0.1, 0.15) is 6.42 Å². The predicted octanol–water partition coefficient (Wildman–Crippen LogP) is 0.718. The smallest absolute Gasteiger partial charge is 0.290 e. The number of nitrogens with zero attached hydrogens (tertiary/aromatic N) is 1. The molecule has 3 nitrogen and oxygen atoms in total. The predicted molar refractivity (Wildman–Crippen MR) is 35.8 cm³/mol. The van der Waals surface area contributed by atoms with Gasteiger partial charge in [-0.15, -0.1) is 0 Å². The summed E-state index contributed by atoms with van der Waals surface area (Å²) in [5, 5.41) is 6.89. The third kappa shape index (κ3) is 6.88. The second-order valence-electron chi connectivity index (χ2n) is 1.38. The summed E-state index contributed by atoms with van der Waals surface area (Å²) in [6.45, 7) is 0.733. The molecule has 0 aromatic heterocycles. The molecule has 0 unspecified atom stereocenters. The van der Waals surface area contributed by atoms with Gasteiger partial charge in [-0.3, -0.25) is 9.79 Å². The van der Waals surface area contributed by atoms with Crippen molar-refractivity contribution >= 4 is 12.7 Å². The molecule has 0 saturated carbocycles. The number of allylic oxidation sites excluding steroid dienone is 1. The number of hydrogen-bond donors (Lipinski definition) is 1. The lowest BCUT2D eigenvalue weighted by Crippen LogP contribution is -1.81. The van der Waals surface area contributed by atoms with Crippen molar-refractivity contribution in [3.8, 4) is 0 Å². The van der Waals surface area contributed by atoms with Gasteiger partial charge in [-0.2, -0.15) is 0 Å². The van der Waals surface area contributed by atoms with Crippen molar-refractivity contribution in [2.24, 2.45) is 4.99 Å². The van der Waals surface area contributed by atoms with Gasteiger partial charge in [0, 0.05) is 12.8 Å². The summed E-state index contributed by atoms with van der Waals surface area (Å²) < 4.78 is 0. The van der Waals surface area contributed by atoms with E-state index in [0.29, 0.717) is 0 Å². The molecule has 0 aromatic carbocycles. The first-order chi connectivity index (χ1) is 4.41. The summed E-state index contributed by atoms with van der Waals surface area (Å²) in [5.41, 5.74) is 0. The zero-order chi connectivity index (χ0) is 6.95. The first kappa shape index (κ1) is 7.88. The Hall–Kier alpha value is -1.12. The van der Waals surface area contributed by atoms with E-state index in [-0.39, 0.29) is 6.47 Å². The lowest BCUT2D eigenvalue weighted by molar-refractivity contribution is -0.122. The van der Waals surface area contributed by atoms with Gasteiger partial charge in [0.05, 0.1) is 0 Å². The van der Waals surface area contributed by atoms with Crippen LogP contribution in [-0.2, 0) is 4.79 Å². The maximum atomic E-state index is 8.36. The molecule has 9 heavy (non-hydrogen) atoms. The van der Waals surface area contributed by atoms with Crippen molar-refractivity contribution in [2.75, 3.05) is 6.54 Å². The highest BCUT2D eigenvalue weighted by atomic mass is 16.3. The molecule has 0 bridgehead atoms. The van der Waals surface area contributed by atoms with Crippen LogP contribution in [0.4, 0.5) is 0 Å². The van der Waals surface area contributed by atoms with E-state index in [0.717, 1.165) is 13.0 Å². The van der Waals surface area contributed by atoms with Gasteiger partial charge in [0.2, 0.25) is 0 Å². The molecule has 0 aliphatic carbocycles. The number of dihydropyridines is 1. The number of aliphatic imine (C=N–C) groups is 1. The molecule has 0 fully saturated rings. The minimum Gasteiger partial charge on any atom is -0.483 e. The maximum Gasteiger partial charge on any atom is 0.290 e. The highest BCUT2D eigenvalue weighted by molar-refractivity contribution is 5.71. The van der Waals surface area contributed by atoms with Crippen LogP contribution in [0.2, 0.25) is 0 Å². The van der Waals surface area contributed by atoms with E-state index in [1.165, 1.54) is 0 Å². The Morgan fingerprint density at radius 2 is 2.33 bits per heavy atom. The van der Waals surface area contributed by atoms with Gasteiger partial charge >= 0.3 is 0 Å². The Morgan fingerprint density at radius 1 is 1.67 bits per heavy atom. The van der Waals surface area contributed by atoms with Crippen molar-refractivity contribution < 1.29 is 9.90 Å². The van der Waals surface area contributed by atoms with E-state index in [1.807, 2.05) is 12.3 Å². The van der Waals surface area contributed by atoms with Crippen molar-refractivity contribution in [3.63, 3.8) is 0 Å². The molecule has 1 N–H and O–H groups in total. The van der Waals surface area contributed by atoms with Crippen molar-refractivity contribution in [2.45, 2.75) is 6.42 Å². The van der Waals surface area contributed by atoms with Crippen LogP contribution in [0.15, 0.2) is 17.1 Å². The number of carbonyl (C=O) groups is 1. The zero-order valence-electron chi connectivity index (χ0n) is 5.03. The van der Waals surface area contributed by atoms with E-state index in [4.69, 9.17) is 9.90 Å². The summed E-state index contributed by atoms with van der Waals surface area (Å²) in [5.74, 6) is 0. The fourth-order valence-electron chi connectivity index (χ4n) is 0.442. The Labute approximate surface area is 53.7 Å². The van der Waals surface area contributed by atoms with Crippen molar-refractivity contribution in [1.29, 1.82) is 0 Å². The fraction of sp³-hybridized carbons (Fsp3) is 0.333. The van der Waals surface area contributed by atoms with Gasteiger partial charge in [0.1, 0.15) is 0 Å². The summed E-state index contributed by atoms with van der Waals surface area (Å²) in [4.78, 5) is 12.3. The summed E-state index contributed by atoms with van der Waals surface area (Å²) >= 11 is 0. The number of carboxylic acid groups (broad SMARTS) is 1. The lowest BCUT2D eigenvalue weighted by Gasteiger charge is -1.88. The molecule has 1 aliphatic rings. The summed E-state index contributed by atoms with van der Waals surface area (Å²) in [6.07, 6.45) is 7.05. The second-order valence-corrected chi connectivity index (χ2v) is 1.38. The molecule has 0 radical (unpaired) electrons. The van der Waals surface area contributed by atoms with E-state index >= 15 is 0 Å². The molecule has 0 atom stereocenters. The Kier molecular flexibility index (Phi) is 6.02. The van der Waals surface area contributed by atoms with Crippen LogP contribution in [0.25, 0.3) is 0 Å². The van der Waals surface area contributed by atoms with Crippen LogP contribution >= 0.6 is 0 Å². The molecular weight excluding hydrogens is 118 g/mol. The molecule has 0 saturated heterocycles. The van der Waals surface area contributed by atoms with Crippen LogP contribution < -0.4 is 0 Å². The quantitative estimate of drug-likeness (QED) is 0.487. The maximum absolute atomic E-state index is 8.36. The molecule has 1 aliphatic heterocycles. The lowest BCUT2D eigenvalue weighted by atomic mass is 10.3. The zero-order valence-corrected chi connectivity index (χ0v) is 5.03. The highest BCUT2D eigenvalue weighted by Gasteiger charge is 1.78. The van der Waals surface area contributed by atoms with E-state index in [9.17, 15) is 0 Å². The molecule has 50 valence electrons. The largest absolute Gasteiger partial charge is 0.483 e. The van der Waals surface area contributed by atoms with Crippen LogP contribution in [0.3, 0.4) is 0 Å². The average Bonchev–Trinajstić information content (AvgIpc) is 1.93. The van der Waals surface area contributed by atoms with Crippen LogP contribution in [0.5, 0.6) is 0 Å². The second kappa shape index (κ2) is 6.88. The molecule has 0 amide bonds. The summed E-state index contributed by atoms with van der Waals surface area (Å²) in [6, 6.07) is 0. The van der Waals surface area contributed by atoms with E-state index in [2.05, 4.69) is 11.1 Å². The van der Waals surface area contributed by atoms with E-state index in [1.54, 1.807) is 0 Å². The van der Waals surface area contributed by atoms with Gasteiger partial charge in [-0.1, -0.05) is 6.08 Å². The topological polar surface area (TPSA) is 49.7 Å². The molecule has 1 rings (SSSR count). The van der Waals surface area contributed by atoms with E-state index < -0.39 is 0 Å². The van der Waals surface area contributed by atoms with Gasteiger partial charge in [-0.25, -0.2) is 0 Å². The third-order valence-electron chi connectivity index (χ3n) is 0.752. The standard InChI is InChI=1S/C5H7N.CH2O2/c1-2-4-6-5-3-1;2-1-3/h1-2,4H,3,5H2;1H,(H,2,3). The number of rotatable bonds is 0. The van der Waals surface area contributed by atoms with Gasteiger partial charge in [-0.05, 0) is 12.5 Å². The molecule has 1 heterocycles. The SMILES string of the molecule is C1=CCCN=C1.O=CO. The Morgan fingerprint density at radius 3 is 2.44 bits per heavy atom. The van der Waals surface area contributed by atoms with Crippen LogP contribution in [-0.4, -0.2) is 24.3 Å². The average molecular weight is 127 g/mol. The van der Waals surface area contributed by atoms with Crippen molar-refractivity contribution in [3.05, 3.63) is 12.2 Å². The monoisotopic (exact) mass is 127 g/mol. The fourth-order valence-corrected chi connectivity index (χ4v) is 0.442. The molecule has 0 aromatic rings. The Balaban J connectivity index is 0.000000187. The van der Waals surface area contributed by atoms with Gasteiger partial charge < -0.3 is 5.11 Å². The normalized spacial score (nSPS) is 13.8. The third-order valence-corrected chi connectivity index (χ3v) is 0.752.